The predicted molar refractivity (Wildman–Crippen MR) is 61.1 cm³/mol. The minimum absolute atomic E-state index is 0.0672. The molecule has 0 aromatic heterocycles. The van der Waals surface area contributed by atoms with Gasteiger partial charge in [-0.05, 0) is 22.0 Å². The van der Waals surface area contributed by atoms with Crippen molar-refractivity contribution in [1.82, 2.24) is 0 Å². The van der Waals surface area contributed by atoms with Gasteiger partial charge in [-0.3, -0.25) is 10.1 Å². The van der Waals surface area contributed by atoms with Gasteiger partial charge in [-0.15, -0.1) is 0 Å². The number of nitro groups is 1. The number of hydrogen-bond donors (Lipinski definition) is 2. The molecule has 0 saturated heterocycles. The molecule has 86 valence electrons. The molecule has 0 bridgehead atoms. The minimum atomic E-state index is -1.80. The fraction of sp³-hybridized carbons (Fsp3) is 0.125. The number of benzene rings is 1. The zero-order valence-corrected chi connectivity index (χ0v) is 10.7. The number of nitrogens with zero attached hydrogens (tertiary/aromatic N) is 1. The average Bonchev–Trinajstić information content (AvgIpc) is 2.16. The molecule has 0 radical (unpaired) electrons. The molecule has 0 aliphatic carbocycles. The van der Waals surface area contributed by atoms with Crippen LogP contribution in [0.2, 0.25) is 0 Å². The van der Waals surface area contributed by atoms with Gasteiger partial charge in [0.25, 0.3) is 5.69 Å². The van der Waals surface area contributed by atoms with Crippen LogP contribution in [0.15, 0.2) is 21.1 Å². The van der Waals surface area contributed by atoms with Gasteiger partial charge >= 0.3 is 5.97 Å². The number of halogens is 2. The molecule has 0 saturated carbocycles. The van der Waals surface area contributed by atoms with Crippen LogP contribution in [0.4, 0.5) is 5.69 Å². The number of aliphatic hydroxyl groups excluding tert-OH is 1. The second-order valence-corrected chi connectivity index (χ2v) is 4.53. The zero-order chi connectivity index (χ0) is 12.5. The van der Waals surface area contributed by atoms with E-state index in [0.717, 1.165) is 6.07 Å². The van der Waals surface area contributed by atoms with E-state index in [-0.39, 0.29) is 20.2 Å². The van der Waals surface area contributed by atoms with Gasteiger partial charge in [0.1, 0.15) is 0 Å². The molecule has 2 N–H and O–H groups in total. The van der Waals surface area contributed by atoms with Gasteiger partial charge < -0.3 is 10.2 Å². The lowest BCUT2D eigenvalue weighted by Gasteiger charge is -2.08. The van der Waals surface area contributed by atoms with Crippen molar-refractivity contribution < 1.29 is 19.9 Å². The van der Waals surface area contributed by atoms with Crippen molar-refractivity contribution in [3.8, 4) is 0 Å². The number of nitro benzene ring substituents is 1. The molecule has 0 spiro atoms. The van der Waals surface area contributed by atoms with E-state index in [1.165, 1.54) is 6.07 Å². The van der Waals surface area contributed by atoms with E-state index in [9.17, 15) is 20.0 Å². The van der Waals surface area contributed by atoms with Crippen molar-refractivity contribution >= 4 is 43.5 Å². The quantitative estimate of drug-likeness (QED) is 0.640. The maximum Gasteiger partial charge on any atom is 0.337 e. The van der Waals surface area contributed by atoms with Gasteiger partial charge in [-0.2, -0.15) is 0 Å². The summed E-state index contributed by atoms with van der Waals surface area (Å²) in [7, 11) is 0. The molecular weight excluding hydrogens is 350 g/mol. The molecule has 8 heteroatoms. The van der Waals surface area contributed by atoms with E-state index >= 15 is 0 Å². The van der Waals surface area contributed by atoms with Crippen molar-refractivity contribution in [3.05, 3.63) is 36.8 Å². The van der Waals surface area contributed by atoms with E-state index in [1.807, 2.05) is 0 Å². The largest absolute Gasteiger partial charge is 0.479 e. The molecule has 1 unspecified atom stereocenters. The van der Waals surface area contributed by atoms with Gasteiger partial charge in [0, 0.05) is 16.1 Å². The van der Waals surface area contributed by atoms with E-state index in [2.05, 4.69) is 31.9 Å². The Morgan fingerprint density at radius 1 is 1.38 bits per heavy atom. The number of aliphatic carboxylic acids is 1. The summed E-state index contributed by atoms with van der Waals surface area (Å²) in [5.41, 5.74) is -0.374. The SMILES string of the molecule is O=C(O)C(O)c1cc([N+](=O)[O-])c(Br)cc1Br. The summed E-state index contributed by atoms with van der Waals surface area (Å²) in [5, 5.41) is 28.5. The third-order valence-corrected chi connectivity index (χ3v) is 3.11. The van der Waals surface area contributed by atoms with E-state index in [1.54, 1.807) is 0 Å². The number of rotatable bonds is 3. The normalized spacial score (nSPS) is 12.2. The van der Waals surface area contributed by atoms with Crippen LogP contribution >= 0.6 is 31.9 Å². The molecule has 0 fully saturated rings. The average molecular weight is 355 g/mol. The van der Waals surface area contributed by atoms with Crippen LogP contribution in [-0.4, -0.2) is 21.1 Å². The first-order chi connectivity index (χ1) is 7.34. The molecular formula is C8H5Br2NO5. The lowest BCUT2D eigenvalue weighted by Crippen LogP contribution is -2.11. The van der Waals surface area contributed by atoms with Gasteiger partial charge in [0.15, 0.2) is 6.10 Å². The lowest BCUT2D eigenvalue weighted by atomic mass is 10.1. The number of carbonyl (C=O) groups is 1. The first-order valence-corrected chi connectivity index (χ1v) is 5.47. The molecule has 6 nitrogen and oxygen atoms in total. The molecule has 1 atom stereocenters. The van der Waals surface area contributed by atoms with E-state index in [4.69, 9.17) is 5.11 Å². The highest BCUT2D eigenvalue weighted by molar-refractivity contribution is 9.11. The Morgan fingerprint density at radius 2 is 1.94 bits per heavy atom. The summed E-state index contributed by atoms with van der Waals surface area (Å²) >= 11 is 5.99. The molecule has 1 aromatic rings. The Labute approximate surface area is 106 Å². The Kier molecular flexibility index (Phi) is 4.00. The van der Waals surface area contributed by atoms with Crippen molar-refractivity contribution in [2.24, 2.45) is 0 Å². The highest BCUT2D eigenvalue weighted by atomic mass is 79.9. The number of carboxylic acids is 1. The Balaban J connectivity index is 3.35. The van der Waals surface area contributed by atoms with Crippen molar-refractivity contribution in [3.63, 3.8) is 0 Å². The van der Waals surface area contributed by atoms with Crippen LogP contribution in [0, 0.1) is 10.1 Å². The Hall–Kier alpha value is -0.990. The first-order valence-electron chi connectivity index (χ1n) is 3.88. The number of carboxylic acid groups (broad SMARTS) is 1. The summed E-state index contributed by atoms with van der Waals surface area (Å²) in [5.74, 6) is -1.47. The van der Waals surface area contributed by atoms with Crippen LogP contribution in [0.25, 0.3) is 0 Å². The summed E-state index contributed by atoms with van der Waals surface area (Å²) in [6, 6.07) is 2.33. The molecule has 16 heavy (non-hydrogen) atoms. The van der Waals surface area contributed by atoms with Gasteiger partial charge in [-0.1, -0.05) is 15.9 Å². The monoisotopic (exact) mass is 353 g/mol. The van der Waals surface area contributed by atoms with E-state index in [0.29, 0.717) is 0 Å². The maximum absolute atomic E-state index is 10.6. The lowest BCUT2D eigenvalue weighted by molar-refractivity contribution is -0.385. The van der Waals surface area contributed by atoms with Crippen molar-refractivity contribution in [2.75, 3.05) is 0 Å². The third-order valence-electron chi connectivity index (χ3n) is 1.79. The Morgan fingerprint density at radius 3 is 2.38 bits per heavy atom. The predicted octanol–water partition coefficient (Wildman–Crippen LogP) is 2.24. The van der Waals surface area contributed by atoms with Crippen LogP contribution in [0.5, 0.6) is 0 Å². The van der Waals surface area contributed by atoms with Crippen molar-refractivity contribution in [2.45, 2.75) is 6.10 Å². The molecule has 0 aliphatic rings. The summed E-state index contributed by atoms with van der Waals surface area (Å²) in [4.78, 5) is 20.5. The summed E-state index contributed by atoms with van der Waals surface area (Å²) in [6.45, 7) is 0. The highest BCUT2D eigenvalue weighted by Gasteiger charge is 2.23. The number of aliphatic hydroxyl groups is 1. The van der Waals surface area contributed by atoms with Gasteiger partial charge in [-0.25, -0.2) is 4.79 Å². The smallest absolute Gasteiger partial charge is 0.337 e. The summed E-state index contributed by atoms with van der Waals surface area (Å²) < 4.78 is 0.477. The Bertz CT molecular complexity index is 462. The molecule has 1 aromatic carbocycles. The molecule has 0 heterocycles. The zero-order valence-electron chi connectivity index (χ0n) is 7.55. The second-order valence-electron chi connectivity index (χ2n) is 2.82. The minimum Gasteiger partial charge on any atom is -0.479 e. The molecule has 0 amide bonds. The highest BCUT2D eigenvalue weighted by Crippen LogP contribution is 2.34. The standard InChI is InChI=1S/C8H5Br2NO5/c9-4-2-5(10)6(11(15)16)1-3(4)7(12)8(13)14/h1-2,7,12H,(H,13,14). The summed E-state index contributed by atoms with van der Waals surface area (Å²) in [6.07, 6.45) is -1.80. The first kappa shape index (κ1) is 13.1. The number of hydrogen-bond acceptors (Lipinski definition) is 4. The molecule has 1 rings (SSSR count). The van der Waals surface area contributed by atoms with Crippen LogP contribution in [0.1, 0.15) is 11.7 Å². The van der Waals surface area contributed by atoms with Crippen LogP contribution in [0.3, 0.4) is 0 Å². The van der Waals surface area contributed by atoms with Crippen LogP contribution in [-0.2, 0) is 4.79 Å². The third kappa shape index (κ3) is 2.57. The second kappa shape index (κ2) is 4.89. The van der Waals surface area contributed by atoms with E-state index < -0.39 is 17.0 Å². The van der Waals surface area contributed by atoms with Crippen LogP contribution < -0.4 is 0 Å². The topological polar surface area (TPSA) is 101 Å². The van der Waals surface area contributed by atoms with Crippen molar-refractivity contribution in [1.29, 1.82) is 0 Å². The van der Waals surface area contributed by atoms with Gasteiger partial charge in [0.05, 0.1) is 9.40 Å². The fourth-order valence-electron chi connectivity index (χ4n) is 1.04. The van der Waals surface area contributed by atoms with Gasteiger partial charge in [0.2, 0.25) is 0 Å². The maximum atomic E-state index is 10.6. The molecule has 0 aliphatic heterocycles. The fourth-order valence-corrected chi connectivity index (χ4v) is 2.39.